The number of nitrogens with one attached hydrogen (secondary N) is 3. The minimum absolute atomic E-state index is 0.0289. The van der Waals surface area contributed by atoms with Gasteiger partial charge in [-0.1, -0.05) is 38.1 Å². The van der Waals surface area contributed by atoms with Gasteiger partial charge in [-0.2, -0.15) is 10.1 Å². The lowest BCUT2D eigenvalue weighted by molar-refractivity contribution is 0.0926. The zero-order valence-corrected chi connectivity index (χ0v) is 24.5. The van der Waals surface area contributed by atoms with Crippen LogP contribution in [0.3, 0.4) is 0 Å². The van der Waals surface area contributed by atoms with Gasteiger partial charge in [-0.25, -0.2) is 4.98 Å². The molecule has 1 fully saturated rings. The Hall–Kier alpha value is -4.64. The molecule has 5 aromatic rings. The van der Waals surface area contributed by atoms with Gasteiger partial charge in [0.2, 0.25) is 5.89 Å². The zero-order chi connectivity index (χ0) is 29.4. The number of piperazine rings is 1. The Morgan fingerprint density at radius 3 is 2.55 bits per heavy atom. The third-order valence-electron chi connectivity index (χ3n) is 7.58. The number of hydrogen-bond acceptors (Lipinski definition) is 9. The van der Waals surface area contributed by atoms with Gasteiger partial charge in [0.15, 0.2) is 5.65 Å². The first-order valence-electron chi connectivity index (χ1n) is 14.2. The molecule has 0 saturated carbocycles. The molecule has 1 amide bonds. The van der Waals surface area contributed by atoms with E-state index in [1.54, 1.807) is 0 Å². The van der Waals surface area contributed by atoms with Crippen LogP contribution in [0.4, 0.5) is 5.69 Å². The number of H-pyrrole nitrogens is 1. The first kappa shape index (κ1) is 27.5. The fraction of sp³-hybridized carbons (Fsp3) is 0.355. The van der Waals surface area contributed by atoms with E-state index in [0.29, 0.717) is 11.5 Å². The summed E-state index contributed by atoms with van der Waals surface area (Å²) < 4.78 is 5.28. The molecule has 1 aliphatic heterocycles. The fourth-order valence-electron chi connectivity index (χ4n) is 5.20. The molecule has 0 radical (unpaired) electrons. The second kappa shape index (κ2) is 11.0. The standard InChI is InChI=1S/C31H35N9O2/c1-18-14-20(6-8-23(18)19(2)35-29(41)28-36-30(42-39-28)31(3,4)5)26-24-15-21(16-34-27(24)38-37-26)25-9-7-22(17-33-25)40-12-10-32-11-13-40/h6-9,14-17,19,32H,10-13H2,1-5H3,(H,35,41)(H,34,37,38). The van der Waals surface area contributed by atoms with Gasteiger partial charge in [0.1, 0.15) is 0 Å². The fourth-order valence-corrected chi connectivity index (χ4v) is 5.20. The highest BCUT2D eigenvalue weighted by atomic mass is 16.5. The van der Waals surface area contributed by atoms with Crippen molar-refractivity contribution in [2.24, 2.45) is 0 Å². The van der Waals surface area contributed by atoms with E-state index in [1.807, 2.05) is 65.2 Å². The molecule has 1 aromatic carbocycles. The predicted octanol–water partition coefficient (Wildman–Crippen LogP) is 4.58. The molecule has 5 heterocycles. The molecule has 11 heteroatoms. The Labute approximate surface area is 244 Å². The highest BCUT2D eigenvalue weighted by Crippen LogP contribution is 2.31. The second-order valence-electron chi connectivity index (χ2n) is 11.8. The van der Waals surface area contributed by atoms with E-state index in [-0.39, 0.29) is 23.2 Å². The number of pyridine rings is 2. The number of aryl methyl sites for hydroxylation is 1. The minimum Gasteiger partial charge on any atom is -0.368 e. The number of fused-ring (bicyclic) bond motifs is 1. The summed E-state index contributed by atoms with van der Waals surface area (Å²) >= 11 is 0. The van der Waals surface area contributed by atoms with E-state index in [2.05, 4.69) is 59.1 Å². The zero-order valence-electron chi connectivity index (χ0n) is 24.5. The summed E-state index contributed by atoms with van der Waals surface area (Å²) in [6.07, 6.45) is 3.75. The molecule has 1 aliphatic rings. The van der Waals surface area contributed by atoms with Crippen molar-refractivity contribution in [3.8, 4) is 22.5 Å². The predicted molar refractivity (Wildman–Crippen MR) is 161 cm³/mol. The van der Waals surface area contributed by atoms with E-state index in [0.717, 1.165) is 70.9 Å². The number of rotatable bonds is 6. The number of nitrogens with zero attached hydrogens (tertiary/aromatic N) is 6. The van der Waals surface area contributed by atoms with Gasteiger partial charge >= 0.3 is 0 Å². The van der Waals surface area contributed by atoms with Crippen LogP contribution >= 0.6 is 0 Å². The number of amides is 1. The number of carbonyl (C=O) groups is 1. The first-order valence-corrected chi connectivity index (χ1v) is 14.2. The number of hydrogen-bond donors (Lipinski definition) is 3. The molecule has 3 N–H and O–H groups in total. The molecule has 6 rings (SSSR count). The van der Waals surface area contributed by atoms with Crippen LogP contribution < -0.4 is 15.5 Å². The van der Waals surface area contributed by atoms with E-state index in [9.17, 15) is 4.79 Å². The smallest absolute Gasteiger partial charge is 0.293 e. The van der Waals surface area contributed by atoms with E-state index in [4.69, 9.17) is 9.51 Å². The van der Waals surface area contributed by atoms with Crippen molar-refractivity contribution in [2.75, 3.05) is 31.1 Å². The summed E-state index contributed by atoms with van der Waals surface area (Å²) in [6, 6.07) is 12.1. The molecular weight excluding hydrogens is 530 g/mol. The molecular formula is C31H35N9O2. The maximum Gasteiger partial charge on any atom is 0.293 e. The molecule has 1 atom stereocenters. The molecule has 4 aromatic heterocycles. The van der Waals surface area contributed by atoms with Crippen molar-refractivity contribution in [3.63, 3.8) is 0 Å². The van der Waals surface area contributed by atoms with Crippen LogP contribution in [0.15, 0.2) is 53.3 Å². The second-order valence-corrected chi connectivity index (χ2v) is 11.8. The average Bonchev–Trinajstić information content (AvgIpc) is 3.66. The van der Waals surface area contributed by atoms with Gasteiger partial charge in [0, 0.05) is 54.3 Å². The Bertz CT molecular complexity index is 1730. The topological polar surface area (TPSA) is 138 Å². The van der Waals surface area contributed by atoms with Crippen LogP contribution in [0.5, 0.6) is 0 Å². The molecule has 42 heavy (non-hydrogen) atoms. The summed E-state index contributed by atoms with van der Waals surface area (Å²) in [5.74, 6) is 0.0764. The van der Waals surface area contributed by atoms with Crippen LogP contribution in [-0.4, -0.2) is 62.4 Å². The van der Waals surface area contributed by atoms with Gasteiger partial charge in [-0.05, 0) is 49.2 Å². The van der Waals surface area contributed by atoms with E-state index < -0.39 is 0 Å². The lowest BCUT2D eigenvalue weighted by Crippen LogP contribution is -2.43. The van der Waals surface area contributed by atoms with Crippen LogP contribution in [0.1, 0.15) is 61.4 Å². The van der Waals surface area contributed by atoms with Crippen molar-refractivity contribution in [1.82, 2.24) is 40.9 Å². The van der Waals surface area contributed by atoms with Crippen LogP contribution in [-0.2, 0) is 5.41 Å². The summed E-state index contributed by atoms with van der Waals surface area (Å²) in [4.78, 5) is 28.7. The van der Waals surface area contributed by atoms with Crippen molar-refractivity contribution in [2.45, 2.75) is 46.1 Å². The Kier molecular flexibility index (Phi) is 7.19. The van der Waals surface area contributed by atoms with Crippen molar-refractivity contribution in [3.05, 3.63) is 71.6 Å². The van der Waals surface area contributed by atoms with Gasteiger partial charge in [0.05, 0.1) is 29.3 Å². The SMILES string of the molecule is Cc1cc(-c2[nH]nc3ncc(-c4ccc(N5CCNCC5)cn4)cc23)ccc1C(C)NC(=O)c1noc(C(C)(C)C)n1. The van der Waals surface area contributed by atoms with Crippen molar-refractivity contribution in [1.29, 1.82) is 0 Å². The molecule has 1 unspecified atom stereocenters. The van der Waals surface area contributed by atoms with Crippen molar-refractivity contribution >= 4 is 22.6 Å². The normalized spacial score (nSPS) is 14.7. The summed E-state index contributed by atoms with van der Waals surface area (Å²) in [6.45, 7) is 13.8. The van der Waals surface area contributed by atoms with E-state index in [1.165, 1.54) is 0 Å². The third kappa shape index (κ3) is 5.47. The largest absolute Gasteiger partial charge is 0.368 e. The lowest BCUT2D eigenvalue weighted by atomic mass is 9.97. The highest BCUT2D eigenvalue weighted by Gasteiger charge is 2.25. The van der Waals surface area contributed by atoms with Gasteiger partial charge in [-0.3, -0.25) is 14.9 Å². The number of carbonyl (C=O) groups excluding carboxylic acids is 1. The minimum atomic E-state index is -0.377. The summed E-state index contributed by atoms with van der Waals surface area (Å²) in [7, 11) is 0. The van der Waals surface area contributed by atoms with E-state index >= 15 is 0 Å². The van der Waals surface area contributed by atoms with Gasteiger partial charge in [0.25, 0.3) is 11.7 Å². The Morgan fingerprint density at radius 1 is 1.05 bits per heavy atom. The highest BCUT2D eigenvalue weighted by molar-refractivity contribution is 5.93. The van der Waals surface area contributed by atoms with Gasteiger partial charge < -0.3 is 20.1 Å². The quantitative estimate of drug-likeness (QED) is 0.270. The summed E-state index contributed by atoms with van der Waals surface area (Å²) in [5, 5.41) is 18.7. The monoisotopic (exact) mass is 565 g/mol. The average molecular weight is 566 g/mol. The third-order valence-corrected chi connectivity index (χ3v) is 7.58. The number of aromatic amines is 1. The Balaban J connectivity index is 1.21. The summed E-state index contributed by atoms with van der Waals surface area (Å²) in [5.41, 5.74) is 7.11. The lowest BCUT2D eigenvalue weighted by Gasteiger charge is -2.29. The maximum absolute atomic E-state index is 12.8. The molecule has 0 spiro atoms. The van der Waals surface area contributed by atoms with Crippen LogP contribution in [0.25, 0.3) is 33.5 Å². The number of aromatic nitrogens is 6. The van der Waals surface area contributed by atoms with Crippen molar-refractivity contribution < 1.29 is 9.32 Å². The Morgan fingerprint density at radius 2 is 1.86 bits per heavy atom. The first-order chi connectivity index (χ1) is 20.2. The molecule has 1 saturated heterocycles. The van der Waals surface area contributed by atoms with Crippen LogP contribution in [0.2, 0.25) is 0 Å². The number of benzene rings is 1. The van der Waals surface area contributed by atoms with Crippen LogP contribution in [0, 0.1) is 6.92 Å². The molecule has 0 bridgehead atoms. The maximum atomic E-state index is 12.8. The molecule has 0 aliphatic carbocycles. The number of anilines is 1. The molecule has 216 valence electrons. The van der Waals surface area contributed by atoms with Gasteiger partial charge in [-0.15, -0.1) is 0 Å². The molecule has 11 nitrogen and oxygen atoms in total.